The number of esters is 1. The van der Waals surface area contributed by atoms with Crippen molar-refractivity contribution in [1.29, 1.82) is 0 Å². The summed E-state index contributed by atoms with van der Waals surface area (Å²) in [5.74, 6) is -0.330. The Morgan fingerprint density at radius 1 is 1.57 bits per heavy atom. The van der Waals surface area contributed by atoms with Gasteiger partial charge in [0.05, 0.1) is 12.0 Å². The van der Waals surface area contributed by atoms with Gasteiger partial charge in [-0.25, -0.2) is 0 Å². The van der Waals surface area contributed by atoms with E-state index in [0.29, 0.717) is 13.0 Å². The summed E-state index contributed by atoms with van der Waals surface area (Å²) in [4.78, 5) is 11.4. The average Bonchev–Trinajstić information content (AvgIpc) is 2.30. The predicted octanol–water partition coefficient (Wildman–Crippen LogP) is 0.443. The van der Waals surface area contributed by atoms with Crippen LogP contribution in [-0.4, -0.2) is 35.4 Å². The van der Waals surface area contributed by atoms with Crippen LogP contribution >= 0.6 is 0 Å². The summed E-state index contributed by atoms with van der Waals surface area (Å²) < 4.78 is 5.14. The molecule has 0 aromatic heterocycles. The van der Waals surface area contributed by atoms with E-state index >= 15 is 0 Å². The van der Waals surface area contributed by atoms with Crippen molar-refractivity contribution >= 4 is 5.97 Å². The smallest absolute Gasteiger partial charge is 0.309 e. The van der Waals surface area contributed by atoms with Gasteiger partial charge in [0.2, 0.25) is 0 Å². The molecule has 1 saturated heterocycles. The molecule has 1 rings (SSSR count). The first-order valence-corrected chi connectivity index (χ1v) is 4.96. The molecule has 0 spiro atoms. The first-order chi connectivity index (χ1) is 6.31. The number of carbonyl (C=O) groups excluding carboxylic acids is 1. The number of aliphatic hydroxyl groups is 1. The molecule has 1 aliphatic rings. The van der Waals surface area contributed by atoms with E-state index in [1.54, 1.807) is 0 Å². The van der Waals surface area contributed by atoms with Crippen molar-refractivity contribution in [3.63, 3.8) is 0 Å². The van der Waals surface area contributed by atoms with Crippen LogP contribution in [0.15, 0.2) is 0 Å². The van der Waals surface area contributed by atoms with E-state index in [1.807, 2.05) is 20.8 Å². The minimum absolute atomic E-state index is 0.0806. The fourth-order valence-electron chi connectivity index (χ4n) is 1.53. The summed E-state index contributed by atoms with van der Waals surface area (Å²) in [6.07, 6.45) is 0.698. The Balaban J connectivity index is 2.40. The van der Waals surface area contributed by atoms with Gasteiger partial charge in [0.15, 0.2) is 0 Å². The summed E-state index contributed by atoms with van der Waals surface area (Å²) in [5, 5.41) is 12.9. The van der Waals surface area contributed by atoms with Gasteiger partial charge in [0, 0.05) is 6.54 Å². The highest BCUT2D eigenvalue weighted by atomic mass is 16.6. The largest absolute Gasteiger partial charge is 0.460 e. The lowest BCUT2D eigenvalue weighted by molar-refractivity contribution is -0.159. The Bertz CT molecular complexity index is 214. The van der Waals surface area contributed by atoms with Gasteiger partial charge in [0.1, 0.15) is 5.60 Å². The Hall–Kier alpha value is -0.610. The molecule has 0 amide bonds. The van der Waals surface area contributed by atoms with Gasteiger partial charge >= 0.3 is 5.97 Å². The normalized spacial score (nSPS) is 27.7. The highest BCUT2D eigenvalue weighted by Crippen LogP contribution is 2.20. The maximum Gasteiger partial charge on any atom is 0.309 e. The molecule has 1 atom stereocenters. The van der Waals surface area contributed by atoms with E-state index < -0.39 is 11.2 Å². The van der Waals surface area contributed by atoms with Crippen LogP contribution in [0.1, 0.15) is 33.6 Å². The molecule has 0 aromatic carbocycles. The zero-order valence-electron chi connectivity index (χ0n) is 9.09. The van der Waals surface area contributed by atoms with Gasteiger partial charge in [-0.3, -0.25) is 4.79 Å². The van der Waals surface area contributed by atoms with E-state index in [-0.39, 0.29) is 12.4 Å². The zero-order chi connectivity index (χ0) is 10.8. The van der Waals surface area contributed by atoms with Crippen LogP contribution in [0.4, 0.5) is 0 Å². The van der Waals surface area contributed by atoms with Crippen LogP contribution in [0.5, 0.6) is 0 Å². The lowest BCUT2D eigenvalue weighted by Gasteiger charge is -2.24. The molecule has 0 radical (unpaired) electrons. The van der Waals surface area contributed by atoms with Crippen molar-refractivity contribution in [2.24, 2.45) is 0 Å². The molecular formula is C10H19NO3. The number of ether oxygens (including phenoxy) is 1. The van der Waals surface area contributed by atoms with Crippen LogP contribution in [0.2, 0.25) is 0 Å². The highest BCUT2D eigenvalue weighted by molar-refractivity contribution is 5.71. The molecule has 4 heteroatoms. The molecule has 82 valence electrons. The lowest BCUT2D eigenvalue weighted by Crippen LogP contribution is -2.36. The van der Waals surface area contributed by atoms with Crippen molar-refractivity contribution < 1.29 is 14.6 Å². The molecule has 0 aromatic rings. The number of hydrogen-bond acceptors (Lipinski definition) is 4. The summed E-state index contributed by atoms with van der Waals surface area (Å²) in [6, 6.07) is 0. The van der Waals surface area contributed by atoms with Crippen molar-refractivity contribution in [1.82, 2.24) is 5.32 Å². The predicted molar refractivity (Wildman–Crippen MR) is 52.9 cm³/mol. The second-order valence-corrected chi connectivity index (χ2v) is 4.91. The third-order valence-corrected chi connectivity index (χ3v) is 2.11. The number of hydrogen-bond donors (Lipinski definition) is 2. The Labute approximate surface area is 84.6 Å². The maximum atomic E-state index is 11.4. The van der Waals surface area contributed by atoms with Gasteiger partial charge in [-0.05, 0) is 33.7 Å². The molecule has 2 N–H and O–H groups in total. The Morgan fingerprint density at radius 2 is 2.21 bits per heavy atom. The Morgan fingerprint density at radius 3 is 2.64 bits per heavy atom. The van der Waals surface area contributed by atoms with Crippen LogP contribution in [0.3, 0.4) is 0 Å². The van der Waals surface area contributed by atoms with Crippen LogP contribution in [0, 0.1) is 0 Å². The minimum Gasteiger partial charge on any atom is -0.460 e. The van der Waals surface area contributed by atoms with Crippen LogP contribution < -0.4 is 5.32 Å². The fraction of sp³-hybridized carbons (Fsp3) is 0.900. The van der Waals surface area contributed by atoms with Gasteiger partial charge in [-0.2, -0.15) is 0 Å². The van der Waals surface area contributed by atoms with E-state index in [9.17, 15) is 9.90 Å². The van der Waals surface area contributed by atoms with Crippen LogP contribution in [0.25, 0.3) is 0 Å². The van der Waals surface area contributed by atoms with E-state index in [0.717, 1.165) is 6.54 Å². The van der Waals surface area contributed by atoms with Gasteiger partial charge in [0.25, 0.3) is 0 Å². The van der Waals surface area contributed by atoms with Crippen LogP contribution in [-0.2, 0) is 9.53 Å². The van der Waals surface area contributed by atoms with Crippen molar-refractivity contribution in [2.45, 2.75) is 44.8 Å². The quantitative estimate of drug-likeness (QED) is 0.637. The number of carbonyl (C=O) groups is 1. The molecule has 1 aliphatic heterocycles. The van der Waals surface area contributed by atoms with Crippen molar-refractivity contribution in [3.8, 4) is 0 Å². The molecule has 0 bridgehead atoms. The number of nitrogens with one attached hydrogen (secondary N) is 1. The molecule has 0 aliphatic carbocycles. The average molecular weight is 201 g/mol. The summed E-state index contributed by atoms with van der Waals surface area (Å²) >= 11 is 0. The summed E-state index contributed by atoms with van der Waals surface area (Å²) in [7, 11) is 0. The monoisotopic (exact) mass is 201 g/mol. The topological polar surface area (TPSA) is 58.6 Å². The minimum atomic E-state index is -0.900. The standard InChI is InChI=1S/C10H19NO3/c1-9(2,3)14-8(12)6-10(13)4-5-11-7-10/h11,13H,4-7H2,1-3H3. The molecule has 1 heterocycles. The fourth-order valence-corrected chi connectivity index (χ4v) is 1.53. The molecule has 1 unspecified atom stereocenters. The first kappa shape index (κ1) is 11.5. The number of β-amino-alcohol motifs (C(OH)–C–C–N with tert-alkyl or cyclic N) is 1. The lowest BCUT2D eigenvalue weighted by atomic mass is 9.99. The second-order valence-electron chi connectivity index (χ2n) is 4.91. The van der Waals surface area contributed by atoms with E-state index in [2.05, 4.69) is 5.32 Å². The van der Waals surface area contributed by atoms with Crippen molar-refractivity contribution in [3.05, 3.63) is 0 Å². The molecule has 1 fully saturated rings. The maximum absolute atomic E-state index is 11.4. The van der Waals surface area contributed by atoms with Crippen molar-refractivity contribution in [2.75, 3.05) is 13.1 Å². The molecule has 14 heavy (non-hydrogen) atoms. The number of rotatable bonds is 2. The highest BCUT2D eigenvalue weighted by Gasteiger charge is 2.35. The SMILES string of the molecule is CC(C)(C)OC(=O)CC1(O)CCNC1. The summed E-state index contributed by atoms with van der Waals surface area (Å²) in [6.45, 7) is 6.71. The Kier molecular flexibility index (Phi) is 3.17. The van der Waals surface area contributed by atoms with Gasteiger partial charge < -0.3 is 15.2 Å². The second kappa shape index (κ2) is 3.87. The van der Waals surface area contributed by atoms with Gasteiger partial charge in [-0.1, -0.05) is 0 Å². The van der Waals surface area contributed by atoms with E-state index in [4.69, 9.17) is 4.74 Å². The summed E-state index contributed by atoms with van der Waals surface area (Å²) in [5.41, 5.74) is -1.37. The van der Waals surface area contributed by atoms with Gasteiger partial charge in [-0.15, -0.1) is 0 Å². The molecule has 4 nitrogen and oxygen atoms in total. The molecular weight excluding hydrogens is 182 g/mol. The third-order valence-electron chi connectivity index (χ3n) is 2.11. The zero-order valence-corrected chi connectivity index (χ0v) is 9.09. The molecule has 0 saturated carbocycles. The van der Waals surface area contributed by atoms with E-state index in [1.165, 1.54) is 0 Å². The first-order valence-electron chi connectivity index (χ1n) is 4.96. The third kappa shape index (κ3) is 3.64.